The number of carbonyl (C=O) groups excluding carboxylic acids is 2. The van der Waals surface area contributed by atoms with Crippen LogP contribution in [0.25, 0.3) is 0 Å². The fraction of sp³-hybridized carbons (Fsp3) is 0.571. The standard InChI is InChI=1S/C28H37NO5/c1-7-32-27(31)20-9-8-14-29(16-20)26(30)24-11-10-21(33-24)15-23-17(2)18(3)25-22(19(23)4)12-13-28(5,6)34-25/h10-11,20H,7-9,12-16H2,1-6H3. The highest BCUT2D eigenvalue weighted by Crippen LogP contribution is 2.41. The van der Waals surface area contributed by atoms with Crippen LogP contribution < -0.4 is 4.74 Å². The normalized spacial score (nSPS) is 19.4. The van der Waals surface area contributed by atoms with Crippen molar-refractivity contribution in [3.63, 3.8) is 0 Å². The van der Waals surface area contributed by atoms with Crippen molar-refractivity contribution >= 4 is 11.9 Å². The lowest BCUT2D eigenvalue weighted by atomic mass is 9.84. The highest BCUT2D eigenvalue weighted by atomic mass is 16.5. The Morgan fingerprint density at radius 2 is 1.91 bits per heavy atom. The van der Waals surface area contributed by atoms with Crippen LogP contribution >= 0.6 is 0 Å². The van der Waals surface area contributed by atoms with Gasteiger partial charge < -0.3 is 18.8 Å². The first-order valence-electron chi connectivity index (χ1n) is 12.5. The second kappa shape index (κ2) is 9.47. The highest BCUT2D eigenvalue weighted by molar-refractivity contribution is 5.92. The topological polar surface area (TPSA) is 69.0 Å². The van der Waals surface area contributed by atoms with Gasteiger partial charge in [0.2, 0.25) is 0 Å². The van der Waals surface area contributed by atoms with Gasteiger partial charge in [-0.25, -0.2) is 0 Å². The fourth-order valence-corrected chi connectivity index (χ4v) is 5.25. The van der Waals surface area contributed by atoms with Gasteiger partial charge in [0.25, 0.3) is 5.91 Å². The van der Waals surface area contributed by atoms with Gasteiger partial charge in [-0.1, -0.05) is 0 Å². The van der Waals surface area contributed by atoms with Crippen molar-refractivity contribution in [2.24, 2.45) is 5.92 Å². The molecule has 1 amide bonds. The largest absolute Gasteiger partial charge is 0.487 e. The number of hydrogen-bond acceptors (Lipinski definition) is 5. The molecule has 3 heterocycles. The summed E-state index contributed by atoms with van der Waals surface area (Å²) in [5.74, 6) is 1.49. The Morgan fingerprint density at radius 3 is 2.65 bits per heavy atom. The molecule has 2 aliphatic rings. The highest BCUT2D eigenvalue weighted by Gasteiger charge is 2.32. The minimum atomic E-state index is -0.261. The van der Waals surface area contributed by atoms with E-state index in [-0.39, 0.29) is 23.4 Å². The zero-order valence-electron chi connectivity index (χ0n) is 21.4. The molecular weight excluding hydrogens is 430 g/mol. The van der Waals surface area contributed by atoms with E-state index >= 15 is 0 Å². The van der Waals surface area contributed by atoms with Gasteiger partial charge in [-0.2, -0.15) is 0 Å². The molecule has 1 unspecified atom stereocenters. The molecule has 6 nitrogen and oxygen atoms in total. The molecule has 1 fully saturated rings. The molecule has 2 aliphatic heterocycles. The first-order chi connectivity index (χ1) is 16.1. The van der Waals surface area contributed by atoms with Gasteiger partial charge >= 0.3 is 5.97 Å². The number of ether oxygens (including phenoxy) is 2. The summed E-state index contributed by atoms with van der Waals surface area (Å²) in [4.78, 5) is 27.0. The predicted molar refractivity (Wildman–Crippen MR) is 130 cm³/mol. The summed E-state index contributed by atoms with van der Waals surface area (Å²) >= 11 is 0. The van der Waals surface area contributed by atoms with E-state index in [1.165, 1.54) is 27.8 Å². The maximum Gasteiger partial charge on any atom is 0.310 e. The van der Waals surface area contributed by atoms with E-state index in [2.05, 4.69) is 34.6 Å². The van der Waals surface area contributed by atoms with Crippen LogP contribution in [-0.2, 0) is 22.4 Å². The maximum atomic E-state index is 13.1. The Labute approximate surface area is 202 Å². The van der Waals surface area contributed by atoms with E-state index in [1.54, 1.807) is 17.9 Å². The molecule has 1 aromatic heterocycles. The molecule has 34 heavy (non-hydrogen) atoms. The molecule has 0 saturated carbocycles. The number of benzene rings is 1. The second-order valence-corrected chi connectivity index (χ2v) is 10.3. The van der Waals surface area contributed by atoms with Crippen LogP contribution in [0.4, 0.5) is 0 Å². The first kappa shape index (κ1) is 24.4. The van der Waals surface area contributed by atoms with Crippen molar-refractivity contribution in [2.75, 3.05) is 19.7 Å². The summed E-state index contributed by atoms with van der Waals surface area (Å²) in [6, 6.07) is 3.65. The first-order valence-corrected chi connectivity index (χ1v) is 12.5. The molecule has 184 valence electrons. The number of rotatable bonds is 5. The smallest absolute Gasteiger partial charge is 0.310 e. The molecule has 4 rings (SSSR count). The molecule has 1 atom stereocenters. The lowest BCUT2D eigenvalue weighted by molar-refractivity contribution is -0.149. The van der Waals surface area contributed by atoms with Gasteiger partial charge in [0, 0.05) is 19.5 Å². The van der Waals surface area contributed by atoms with E-state index in [4.69, 9.17) is 13.9 Å². The number of nitrogens with zero attached hydrogens (tertiary/aromatic N) is 1. The van der Waals surface area contributed by atoms with Gasteiger partial charge in [-0.15, -0.1) is 0 Å². The Balaban J connectivity index is 1.52. The van der Waals surface area contributed by atoms with Crippen molar-refractivity contribution in [3.05, 3.63) is 51.5 Å². The van der Waals surface area contributed by atoms with Crippen molar-refractivity contribution in [2.45, 2.75) is 79.2 Å². The summed E-state index contributed by atoms with van der Waals surface area (Å²) in [6.45, 7) is 13.9. The molecule has 6 heteroatoms. The summed E-state index contributed by atoms with van der Waals surface area (Å²) in [5.41, 5.74) is 6.05. The molecule has 0 N–H and O–H groups in total. The van der Waals surface area contributed by atoms with Crippen molar-refractivity contribution in [3.8, 4) is 5.75 Å². The average molecular weight is 468 g/mol. The third kappa shape index (κ3) is 4.73. The summed E-state index contributed by atoms with van der Waals surface area (Å²) < 4.78 is 17.5. The van der Waals surface area contributed by atoms with E-state index in [9.17, 15) is 9.59 Å². The number of amides is 1. The lowest BCUT2D eigenvalue weighted by Crippen LogP contribution is -2.42. The average Bonchev–Trinajstić information content (AvgIpc) is 3.28. The fourth-order valence-electron chi connectivity index (χ4n) is 5.25. The molecule has 1 saturated heterocycles. The Bertz CT molecular complexity index is 1100. The van der Waals surface area contributed by atoms with Crippen LogP contribution in [0.3, 0.4) is 0 Å². The van der Waals surface area contributed by atoms with Crippen LogP contribution in [0, 0.1) is 26.7 Å². The minimum absolute atomic E-state index is 0.144. The van der Waals surface area contributed by atoms with Gasteiger partial charge in [0.15, 0.2) is 5.76 Å². The Morgan fingerprint density at radius 1 is 1.15 bits per heavy atom. The number of esters is 1. The van der Waals surface area contributed by atoms with Crippen LogP contribution in [-0.4, -0.2) is 42.1 Å². The minimum Gasteiger partial charge on any atom is -0.487 e. The Hall–Kier alpha value is -2.76. The Kier molecular flexibility index (Phi) is 6.79. The van der Waals surface area contributed by atoms with Crippen molar-refractivity contribution < 1.29 is 23.5 Å². The third-order valence-electron chi connectivity index (χ3n) is 7.44. The van der Waals surface area contributed by atoms with Gasteiger partial charge in [-0.3, -0.25) is 9.59 Å². The molecule has 0 aliphatic carbocycles. The number of furan rings is 1. The van der Waals surface area contributed by atoms with Gasteiger partial charge in [0.1, 0.15) is 17.1 Å². The molecule has 0 radical (unpaired) electrons. The van der Waals surface area contributed by atoms with Gasteiger partial charge in [-0.05, 0) is 107 Å². The maximum absolute atomic E-state index is 13.1. The monoisotopic (exact) mass is 467 g/mol. The predicted octanol–water partition coefficient (Wildman–Crippen LogP) is 5.31. The summed E-state index contributed by atoms with van der Waals surface area (Å²) in [5, 5.41) is 0. The van der Waals surface area contributed by atoms with Crippen LogP contribution in [0.5, 0.6) is 5.75 Å². The van der Waals surface area contributed by atoms with E-state index in [0.717, 1.165) is 37.2 Å². The summed E-state index contributed by atoms with van der Waals surface area (Å²) in [7, 11) is 0. The van der Waals surface area contributed by atoms with Crippen LogP contribution in [0.15, 0.2) is 16.5 Å². The number of hydrogen-bond donors (Lipinski definition) is 0. The molecule has 2 aromatic rings. The molecule has 0 bridgehead atoms. The summed E-state index contributed by atoms with van der Waals surface area (Å²) in [6.07, 6.45) is 4.16. The van der Waals surface area contributed by atoms with Crippen LogP contribution in [0.2, 0.25) is 0 Å². The zero-order chi connectivity index (χ0) is 24.6. The second-order valence-electron chi connectivity index (χ2n) is 10.3. The molecular formula is C28H37NO5. The third-order valence-corrected chi connectivity index (χ3v) is 7.44. The SMILES string of the molecule is CCOC(=O)C1CCCN(C(=O)c2ccc(Cc3c(C)c(C)c4c(c3C)CCC(C)(C)O4)o2)C1. The molecule has 0 spiro atoms. The quantitative estimate of drug-likeness (QED) is 0.557. The number of likely N-dealkylation sites (tertiary alicyclic amines) is 1. The van der Waals surface area contributed by atoms with Crippen LogP contribution in [0.1, 0.15) is 84.2 Å². The van der Waals surface area contributed by atoms with Gasteiger partial charge in [0.05, 0.1) is 12.5 Å². The van der Waals surface area contributed by atoms with E-state index in [1.807, 2.05) is 6.07 Å². The van der Waals surface area contributed by atoms with E-state index in [0.29, 0.717) is 31.9 Å². The van der Waals surface area contributed by atoms with E-state index < -0.39 is 0 Å². The number of piperidine rings is 1. The van der Waals surface area contributed by atoms with Crippen molar-refractivity contribution in [1.29, 1.82) is 0 Å². The number of carbonyl (C=O) groups is 2. The number of fused-ring (bicyclic) bond motifs is 1. The molecule has 1 aromatic carbocycles. The zero-order valence-corrected chi connectivity index (χ0v) is 21.4. The van der Waals surface area contributed by atoms with Crippen molar-refractivity contribution in [1.82, 2.24) is 4.90 Å². The lowest BCUT2D eigenvalue weighted by Gasteiger charge is -2.35.